The molecule has 0 saturated heterocycles. The van der Waals surface area contributed by atoms with Gasteiger partial charge in [-0.05, 0) is 60.3 Å². The lowest BCUT2D eigenvalue weighted by atomic mass is 10.0. The molecule has 1 aromatic rings. The smallest absolute Gasteiger partial charge is 0.244 e. The quantitative estimate of drug-likeness (QED) is 0.874. The van der Waals surface area contributed by atoms with Crippen molar-refractivity contribution in [2.45, 2.75) is 51.2 Å². The molecule has 0 fully saturated rings. The molecule has 0 aliphatic rings. The molecule has 0 saturated carbocycles. The van der Waals surface area contributed by atoms with Gasteiger partial charge in [-0.2, -0.15) is 4.31 Å². The minimum absolute atomic E-state index is 0.183. The van der Waals surface area contributed by atoms with Crippen LogP contribution < -0.4 is 0 Å². The van der Waals surface area contributed by atoms with Crippen molar-refractivity contribution < 1.29 is 13.5 Å². The average Bonchev–Trinajstić information content (AvgIpc) is 2.40. The van der Waals surface area contributed by atoms with E-state index < -0.39 is 15.6 Å². The molecule has 0 aliphatic heterocycles. The van der Waals surface area contributed by atoms with Gasteiger partial charge in [0.05, 0.1) is 11.5 Å². The standard InChI is InChI=1S/C14H22BrNO3S/c1-6-14(3,4)16(5)20(18,19)12-8-11(9-17)7-10(2)13(12)15/h7-8,17H,6,9H2,1-5H3. The molecule has 0 amide bonds. The summed E-state index contributed by atoms with van der Waals surface area (Å²) in [5, 5.41) is 9.26. The van der Waals surface area contributed by atoms with Gasteiger partial charge in [0.15, 0.2) is 0 Å². The van der Waals surface area contributed by atoms with Gasteiger partial charge in [-0.15, -0.1) is 0 Å². The van der Waals surface area contributed by atoms with Crippen LogP contribution in [0.3, 0.4) is 0 Å². The molecule has 0 unspecified atom stereocenters. The van der Waals surface area contributed by atoms with Crippen LogP contribution in [0.4, 0.5) is 0 Å². The molecular weight excluding hydrogens is 342 g/mol. The van der Waals surface area contributed by atoms with Crippen LogP contribution in [0.2, 0.25) is 0 Å². The normalized spacial score (nSPS) is 13.0. The summed E-state index contributed by atoms with van der Waals surface area (Å²) in [6.07, 6.45) is 0.707. The number of aryl methyl sites for hydroxylation is 1. The summed E-state index contributed by atoms with van der Waals surface area (Å²) in [4.78, 5) is 0.200. The third-order valence-electron chi connectivity index (χ3n) is 3.82. The van der Waals surface area contributed by atoms with E-state index in [0.29, 0.717) is 16.5 Å². The van der Waals surface area contributed by atoms with E-state index in [4.69, 9.17) is 0 Å². The Balaban J connectivity index is 3.47. The van der Waals surface area contributed by atoms with Gasteiger partial charge in [0.1, 0.15) is 0 Å². The van der Waals surface area contributed by atoms with Crippen LogP contribution in [0.25, 0.3) is 0 Å². The summed E-state index contributed by atoms with van der Waals surface area (Å²) in [6.45, 7) is 7.36. The molecule has 0 spiro atoms. The first kappa shape index (κ1) is 17.6. The molecule has 0 radical (unpaired) electrons. The SMILES string of the molecule is CCC(C)(C)N(C)S(=O)(=O)c1cc(CO)cc(C)c1Br. The zero-order valence-electron chi connectivity index (χ0n) is 12.6. The number of aliphatic hydroxyl groups excluding tert-OH is 1. The molecule has 4 nitrogen and oxygen atoms in total. The summed E-state index contributed by atoms with van der Waals surface area (Å²) >= 11 is 3.35. The fourth-order valence-corrected chi connectivity index (χ4v) is 4.39. The zero-order valence-corrected chi connectivity index (χ0v) is 15.0. The maximum absolute atomic E-state index is 12.8. The van der Waals surface area contributed by atoms with E-state index >= 15 is 0 Å². The van der Waals surface area contributed by atoms with Crippen molar-refractivity contribution in [1.29, 1.82) is 0 Å². The number of rotatable bonds is 5. The van der Waals surface area contributed by atoms with Crippen LogP contribution in [0.5, 0.6) is 0 Å². The Labute approximate surface area is 130 Å². The lowest BCUT2D eigenvalue weighted by Gasteiger charge is -2.34. The van der Waals surface area contributed by atoms with Crippen molar-refractivity contribution in [2.75, 3.05) is 7.05 Å². The van der Waals surface area contributed by atoms with Crippen LogP contribution in [0, 0.1) is 6.92 Å². The van der Waals surface area contributed by atoms with Crippen LogP contribution in [-0.4, -0.2) is 30.4 Å². The molecule has 0 aromatic heterocycles. The summed E-state index contributed by atoms with van der Waals surface area (Å²) < 4.78 is 27.5. The Morgan fingerprint density at radius 2 is 1.90 bits per heavy atom. The van der Waals surface area contributed by atoms with Gasteiger partial charge in [0.25, 0.3) is 0 Å². The van der Waals surface area contributed by atoms with E-state index in [2.05, 4.69) is 15.9 Å². The van der Waals surface area contributed by atoms with Gasteiger partial charge >= 0.3 is 0 Å². The molecule has 0 atom stereocenters. The van der Waals surface area contributed by atoms with Crippen LogP contribution >= 0.6 is 15.9 Å². The highest BCUT2D eigenvalue weighted by molar-refractivity contribution is 9.10. The maximum Gasteiger partial charge on any atom is 0.244 e. The fourth-order valence-electron chi connectivity index (χ4n) is 1.78. The van der Waals surface area contributed by atoms with Crippen molar-refractivity contribution in [1.82, 2.24) is 4.31 Å². The summed E-state index contributed by atoms with van der Waals surface area (Å²) in [7, 11) is -2.03. The molecule has 1 N–H and O–H groups in total. The first-order valence-corrected chi connectivity index (χ1v) is 8.70. The second-order valence-electron chi connectivity index (χ2n) is 5.52. The third-order valence-corrected chi connectivity index (χ3v) is 7.23. The monoisotopic (exact) mass is 363 g/mol. The molecule has 1 rings (SSSR count). The Morgan fingerprint density at radius 1 is 1.35 bits per heavy atom. The first-order valence-electron chi connectivity index (χ1n) is 6.46. The summed E-state index contributed by atoms with van der Waals surface area (Å²) in [5.74, 6) is 0. The van der Waals surface area contributed by atoms with E-state index in [1.165, 1.54) is 10.4 Å². The molecule has 20 heavy (non-hydrogen) atoms. The number of aliphatic hydroxyl groups is 1. The topological polar surface area (TPSA) is 57.6 Å². The number of sulfonamides is 1. The highest BCUT2D eigenvalue weighted by Crippen LogP contribution is 2.32. The lowest BCUT2D eigenvalue weighted by molar-refractivity contribution is 0.257. The number of nitrogens with zero attached hydrogens (tertiary/aromatic N) is 1. The number of hydrogen-bond donors (Lipinski definition) is 1. The van der Waals surface area contributed by atoms with E-state index in [1.54, 1.807) is 13.1 Å². The van der Waals surface area contributed by atoms with Gasteiger partial charge in [-0.1, -0.05) is 13.0 Å². The van der Waals surface area contributed by atoms with Crippen molar-refractivity contribution in [2.24, 2.45) is 0 Å². The molecule has 6 heteroatoms. The van der Waals surface area contributed by atoms with Crippen LogP contribution in [0.15, 0.2) is 21.5 Å². The minimum Gasteiger partial charge on any atom is -0.392 e. The average molecular weight is 364 g/mol. The zero-order chi connectivity index (χ0) is 15.7. The first-order chi connectivity index (χ1) is 9.07. The second-order valence-corrected chi connectivity index (χ2v) is 8.25. The van der Waals surface area contributed by atoms with Gasteiger partial charge in [-0.25, -0.2) is 8.42 Å². The van der Waals surface area contributed by atoms with Crippen molar-refractivity contribution in [3.05, 3.63) is 27.7 Å². The molecule has 0 heterocycles. The van der Waals surface area contributed by atoms with Gasteiger partial charge in [0, 0.05) is 17.1 Å². The highest BCUT2D eigenvalue weighted by atomic mass is 79.9. The van der Waals surface area contributed by atoms with Gasteiger partial charge < -0.3 is 5.11 Å². The summed E-state index contributed by atoms with van der Waals surface area (Å²) in [5.41, 5.74) is 0.909. The van der Waals surface area contributed by atoms with Crippen LogP contribution in [-0.2, 0) is 16.6 Å². The van der Waals surface area contributed by atoms with E-state index in [-0.39, 0.29) is 11.5 Å². The van der Waals surface area contributed by atoms with E-state index in [1.807, 2.05) is 27.7 Å². The number of hydrogen-bond acceptors (Lipinski definition) is 3. The molecular formula is C14H22BrNO3S. The molecule has 1 aromatic carbocycles. The van der Waals surface area contributed by atoms with Gasteiger partial charge in [0.2, 0.25) is 10.0 Å². The fraction of sp³-hybridized carbons (Fsp3) is 0.571. The Hall–Kier alpha value is -0.430. The highest BCUT2D eigenvalue weighted by Gasteiger charge is 2.34. The molecule has 0 bridgehead atoms. The van der Waals surface area contributed by atoms with Crippen molar-refractivity contribution in [3.63, 3.8) is 0 Å². The maximum atomic E-state index is 12.8. The molecule has 0 aliphatic carbocycles. The lowest BCUT2D eigenvalue weighted by Crippen LogP contribution is -2.44. The van der Waals surface area contributed by atoms with Crippen LogP contribution in [0.1, 0.15) is 38.3 Å². The van der Waals surface area contributed by atoms with E-state index in [9.17, 15) is 13.5 Å². The Morgan fingerprint density at radius 3 is 2.35 bits per heavy atom. The van der Waals surface area contributed by atoms with Gasteiger partial charge in [-0.3, -0.25) is 0 Å². The minimum atomic E-state index is -3.62. The second kappa shape index (κ2) is 6.13. The Kier molecular flexibility index (Phi) is 5.40. The van der Waals surface area contributed by atoms with E-state index in [0.717, 1.165) is 5.56 Å². The predicted octanol–water partition coefficient (Wildman–Crippen LogP) is 3.06. The third kappa shape index (κ3) is 3.24. The largest absolute Gasteiger partial charge is 0.392 e. The van der Waals surface area contributed by atoms with Crippen molar-refractivity contribution >= 4 is 26.0 Å². The summed E-state index contributed by atoms with van der Waals surface area (Å²) in [6, 6.07) is 3.29. The predicted molar refractivity (Wildman–Crippen MR) is 84.1 cm³/mol. The number of benzene rings is 1. The van der Waals surface area contributed by atoms with Crippen molar-refractivity contribution in [3.8, 4) is 0 Å². The number of halogens is 1. The Bertz CT molecular complexity index is 597. The molecule has 114 valence electrons.